The van der Waals surface area contributed by atoms with Crippen molar-refractivity contribution in [3.05, 3.63) is 35.9 Å². The van der Waals surface area contributed by atoms with E-state index in [1.807, 2.05) is 6.07 Å². The van der Waals surface area contributed by atoms with Gasteiger partial charge in [-0.1, -0.05) is 68.9 Å². The molecule has 0 aromatic heterocycles. The summed E-state index contributed by atoms with van der Waals surface area (Å²) < 4.78 is 9.93. The number of hydrogen-bond donors (Lipinski definition) is 4. The van der Waals surface area contributed by atoms with Crippen molar-refractivity contribution < 1.29 is 29.0 Å². The van der Waals surface area contributed by atoms with Gasteiger partial charge >= 0.3 is 18.2 Å². The Morgan fingerprint density at radius 1 is 0.892 bits per heavy atom. The summed E-state index contributed by atoms with van der Waals surface area (Å²) in [7, 11) is 0. The summed E-state index contributed by atoms with van der Waals surface area (Å²) in [4.78, 5) is 34.3. The van der Waals surface area contributed by atoms with Crippen LogP contribution >= 0.6 is 0 Å². The Balaban J connectivity index is 0.000000308. The van der Waals surface area contributed by atoms with Crippen LogP contribution < -0.4 is 16.0 Å². The third kappa shape index (κ3) is 13.9. The van der Waals surface area contributed by atoms with E-state index in [4.69, 9.17) is 14.6 Å². The maximum Gasteiger partial charge on any atom is 0.408 e. The van der Waals surface area contributed by atoms with E-state index in [1.165, 1.54) is 64.2 Å². The van der Waals surface area contributed by atoms with E-state index in [-0.39, 0.29) is 13.2 Å². The Kier molecular flexibility index (Phi) is 13.3. The van der Waals surface area contributed by atoms with Crippen LogP contribution in [0, 0.1) is 0 Å². The summed E-state index contributed by atoms with van der Waals surface area (Å²) in [5.41, 5.74) is 0.0663. The summed E-state index contributed by atoms with van der Waals surface area (Å²) in [6.07, 6.45) is 12.9. The molecule has 37 heavy (non-hydrogen) atoms. The largest absolute Gasteiger partial charge is 0.480 e. The minimum Gasteiger partial charge on any atom is -0.480 e. The molecular weight excluding hydrogens is 474 g/mol. The molecule has 0 bridgehead atoms. The van der Waals surface area contributed by atoms with Gasteiger partial charge in [0.2, 0.25) is 0 Å². The van der Waals surface area contributed by atoms with Gasteiger partial charge in [-0.25, -0.2) is 14.4 Å². The topological polar surface area (TPSA) is 126 Å². The van der Waals surface area contributed by atoms with E-state index >= 15 is 0 Å². The molecule has 2 fully saturated rings. The Labute approximate surface area is 221 Å². The minimum atomic E-state index is -1.33. The lowest BCUT2D eigenvalue weighted by atomic mass is 9.91. The minimum absolute atomic E-state index is 0.0124. The number of carboxylic acids is 1. The molecule has 9 nitrogen and oxygen atoms in total. The highest BCUT2D eigenvalue weighted by Gasteiger charge is 2.23. The molecule has 9 heteroatoms. The van der Waals surface area contributed by atoms with E-state index in [9.17, 15) is 14.4 Å². The first-order chi connectivity index (χ1) is 17.6. The van der Waals surface area contributed by atoms with Crippen LogP contribution in [0.1, 0.15) is 90.5 Å². The van der Waals surface area contributed by atoms with Crippen molar-refractivity contribution in [3.8, 4) is 0 Å². The highest BCUT2D eigenvalue weighted by molar-refractivity contribution is 5.81. The van der Waals surface area contributed by atoms with Crippen LogP contribution in [0.15, 0.2) is 30.3 Å². The number of ether oxygens (including phenoxy) is 2. The lowest BCUT2D eigenvalue weighted by Gasteiger charge is -2.30. The van der Waals surface area contributed by atoms with E-state index in [1.54, 1.807) is 45.0 Å². The van der Waals surface area contributed by atoms with Gasteiger partial charge in [-0.2, -0.15) is 0 Å². The Bertz CT molecular complexity index is 799. The van der Waals surface area contributed by atoms with Crippen LogP contribution in [0.4, 0.5) is 9.59 Å². The number of carbonyl (C=O) groups is 3. The fourth-order valence-electron chi connectivity index (χ4n) is 4.48. The first-order valence-electron chi connectivity index (χ1n) is 13.6. The van der Waals surface area contributed by atoms with Gasteiger partial charge in [-0.15, -0.1) is 0 Å². The number of nitrogens with one attached hydrogen (secondary N) is 3. The quantitative estimate of drug-likeness (QED) is 0.375. The lowest BCUT2D eigenvalue weighted by Crippen LogP contribution is -2.49. The predicted molar refractivity (Wildman–Crippen MR) is 142 cm³/mol. The van der Waals surface area contributed by atoms with Crippen LogP contribution in [0.25, 0.3) is 0 Å². The maximum absolute atomic E-state index is 11.7. The molecule has 0 radical (unpaired) electrons. The molecule has 1 aromatic rings. The van der Waals surface area contributed by atoms with Crippen molar-refractivity contribution in [2.45, 2.75) is 115 Å². The molecule has 2 aliphatic rings. The summed E-state index contributed by atoms with van der Waals surface area (Å²) in [6.45, 7) is 4.73. The molecule has 0 saturated heterocycles. The van der Waals surface area contributed by atoms with E-state index in [0.29, 0.717) is 0 Å². The molecule has 0 aliphatic heterocycles. The zero-order valence-corrected chi connectivity index (χ0v) is 22.6. The van der Waals surface area contributed by atoms with Crippen LogP contribution in [-0.2, 0) is 20.9 Å². The zero-order chi connectivity index (χ0) is 27.1. The molecule has 0 heterocycles. The summed E-state index contributed by atoms with van der Waals surface area (Å²) >= 11 is 0. The van der Waals surface area contributed by atoms with Gasteiger partial charge in [-0.3, -0.25) is 0 Å². The normalized spacial score (nSPS) is 17.5. The number of carboxylic acid groups (broad SMARTS) is 1. The fourth-order valence-corrected chi connectivity index (χ4v) is 4.48. The molecule has 0 unspecified atom stereocenters. The van der Waals surface area contributed by atoms with Crippen LogP contribution in [0.5, 0.6) is 0 Å². The standard InChI is InChI=1S/C16H22N2O6.C12H23N/c1-16(2,3)24-14(21)17-9-12(13(19)20)18-15(22)23-10-11-7-5-4-6-8-11;1-3-7-11(8-4-1)13-12-9-5-2-6-10-12/h4-8,12H,9-10H2,1-3H3,(H,17,21)(H,18,22)(H,19,20);11-13H,1-10H2/t12-;/m1./s1. The van der Waals surface area contributed by atoms with Crippen molar-refractivity contribution in [2.75, 3.05) is 6.54 Å². The Hall–Kier alpha value is -2.81. The molecule has 2 amide bonds. The first kappa shape index (κ1) is 30.4. The number of hydrogen-bond acceptors (Lipinski definition) is 6. The second kappa shape index (κ2) is 16.1. The van der Waals surface area contributed by atoms with Gasteiger partial charge in [0, 0.05) is 12.1 Å². The first-order valence-corrected chi connectivity index (χ1v) is 13.6. The van der Waals surface area contributed by atoms with Gasteiger partial charge in [0.25, 0.3) is 0 Å². The maximum atomic E-state index is 11.7. The number of carbonyl (C=O) groups excluding carboxylic acids is 2. The third-order valence-electron chi connectivity index (χ3n) is 6.33. The van der Waals surface area contributed by atoms with Crippen molar-refractivity contribution in [3.63, 3.8) is 0 Å². The molecule has 0 spiro atoms. The summed E-state index contributed by atoms with van der Waals surface area (Å²) in [5.74, 6) is -1.30. The van der Waals surface area contributed by atoms with Crippen LogP contribution in [0.2, 0.25) is 0 Å². The smallest absolute Gasteiger partial charge is 0.408 e. The van der Waals surface area contributed by atoms with Crippen molar-refractivity contribution in [2.24, 2.45) is 0 Å². The number of benzene rings is 1. The average molecular weight is 520 g/mol. The summed E-state index contributed by atoms with van der Waals surface area (Å²) in [6, 6.07) is 9.36. The summed E-state index contributed by atoms with van der Waals surface area (Å²) in [5, 5.41) is 17.4. The number of aliphatic carboxylic acids is 1. The van der Waals surface area contributed by atoms with Gasteiger partial charge in [0.15, 0.2) is 0 Å². The van der Waals surface area contributed by atoms with E-state index in [2.05, 4.69) is 16.0 Å². The molecule has 4 N–H and O–H groups in total. The molecule has 2 aliphatic carbocycles. The third-order valence-corrected chi connectivity index (χ3v) is 6.33. The lowest BCUT2D eigenvalue weighted by molar-refractivity contribution is -0.139. The molecule has 208 valence electrons. The van der Waals surface area contributed by atoms with Crippen molar-refractivity contribution in [1.29, 1.82) is 0 Å². The van der Waals surface area contributed by atoms with Gasteiger partial charge in [0.05, 0.1) is 6.54 Å². The highest BCUT2D eigenvalue weighted by Crippen LogP contribution is 2.22. The monoisotopic (exact) mass is 519 g/mol. The number of rotatable bonds is 8. The van der Waals surface area contributed by atoms with Gasteiger partial charge < -0.3 is 30.5 Å². The zero-order valence-electron chi connectivity index (χ0n) is 22.6. The molecule has 1 aromatic carbocycles. The average Bonchev–Trinajstić information content (AvgIpc) is 2.86. The SMILES string of the molecule is C1CCC(NC2CCCCC2)CC1.CC(C)(C)OC(=O)NC[C@@H](NC(=O)OCc1ccccc1)C(=O)O. The Morgan fingerprint density at radius 3 is 1.92 bits per heavy atom. The number of alkyl carbamates (subject to hydrolysis) is 2. The highest BCUT2D eigenvalue weighted by atomic mass is 16.6. The molecular formula is C28H45N3O6. The predicted octanol–water partition coefficient (Wildman–Crippen LogP) is 5.13. The van der Waals surface area contributed by atoms with E-state index < -0.39 is 29.8 Å². The molecule has 2 saturated carbocycles. The second-order valence-corrected chi connectivity index (χ2v) is 10.8. The van der Waals surface area contributed by atoms with Gasteiger partial charge in [-0.05, 0) is 52.0 Å². The van der Waals surface area contributed by atoms with Crippen LogP contribution in [-0.4, -0.2) is 53.5 Å². The van der Waals surface area contributed by atoms with Crippen LogP contribution in [0.3, 0.4) is 0 Å². The van der Waals surface area contributed by atoms with Crippen molar-refractivity contribution in [1.82, 2.24) is 16.0 Å². The number of amides is 2. The van der Waals surface area contributed by atoms with Gasteiger partial charge in [0.1, 0.15) is 18.2 Å². The van der Waals surface area contributed by atoms with Crippen molar-refractivity contribution >= 4 is 18.2 Å². The second-order valence-electron chi connectivity index (χ2n) is 10.8. The molecule has 1 atom stereocenters. The molecule has 3 rings (SSSR count). The fraction of sp³-hybridized carbons (Fsp3) is 0.679. The Morgan fingerprint density at radius 2 is 1.43 bits per heavy atom. The van der Waals surface area contributed by atoms with E-state index in [0.717, 1.165) is 17.6 Å².